The van der Waals surface area contributed by atoms with Crippen LogP contribution in [0.1, 0.15) is 41.0 Å². The highest BCUT2D eigenvalue weighted by molar-refractivity contribution is 4.77. The van der Waals surface area contributed by atoms with E-state index in [2.05, 4.69) is 39.9 Å². The van der Waals surface area contributed by atoms with Crippen LogP contribution < -0.4 is 5.32 Å². The van der Waals surface area contributed by atoms with Crippen molar-refractivity contribution in [2.75, 3.05) is 13.7 Å². The van der Waals surface area contributed by atoms with Gasteiger partial charge in [-0.15, -0.1) is 0 Å². The largest absolute Gasteiger partial charge is 0.379 e. The Hall–Kier alpha value is -0.0800. The SMILES string of the molecule is CCNC(C)C(C)CC(C)(C)OC. The van der Waals surface area contributed by atoms with E-state index in [1.54, 1.807) is 7.11 Å². The Morgan fingerprint density at radius 3 is 2.23 bits per heavy atom. The molecule has 0 fully saturated rings. The number of rotatable bonds is 6. The highest BCUT2D eigenvalue weighted by Crippen LogP contribution is 2.21. The lowest BCUT2D eigenvalue weighted by molar-refractivity contribution is 0.000459. The van der Waals surface area contributed by atoms with Crippen molar-refractivity contribution < 1.29 is 4.74 Å². The summed E-state index contributed by atoms with van der Waals surface area (Å²) < 4.78 is 5.41. The standard InChI is InChI=1S/C11H25NO/c1-7-12-10(3)9(2)8-11(4,5)13-6/h9-10,12H,7-8H2,1-6H3. The summed E-state index contributed by atoms with van der Waals surface area (Å²) in [5.41, 5.74) is 0.00307. The number of methoxy groups -OCH3 is 1. The molecule has 0 amide bonds. The van der Waals surface area contributed by atoms with Gasteiger partial charge in [0.25, 0.3) is 0 Å². The third-order valence-electron chi connectivity index (χ3n) is 2.75. The maximum absolute atomic E-state index is 5.41. The lowest BCUT2D eigenvalue weighted by Gasteiger charge is -2.30. The van der Waals surface area contributed by atoms with Crippen LogP contribution in [0.5, 0.6) is 0 Å². The molecule has 0 spiro atoms. The predicted molar refractivity (Wildman–Crippen MR) is 58.0 cm³/mol. The number of hydrogen-bond acceptors (Lipinski definition) is 2. The van der Waals surface area contributed by atoms with E-state index in [-0.39, 0.29) is 5.60 Å². The monoisotopic (exact) mass is 187 g/mol. The average Bonchev–Trinajstić information content (AvgIpc) is 2.04. The molecule has 0 saturated heterocycles. The fourth-order valence-corrected chi connectivity index (χ4v) is 1.56. The van der Waals surface area contributed by atoms with Gasteiger partial charge in [-0.25, -0.2) is 0 Å². The zero-order valence-electron chi connectivity index (χ0n) is 9.98. The first kappa shape index (κ1) is 12.9. The number of hydrogen-bond donors (Lipinski definition) is 1. The van der Waals surface area contributed by atoms with Crippen LogP contribution >= 0.6 is 0 Å². The molecule has 0 aromatic heterocycles. The molecule has 0 aliphatic heterocycles. The summed E-state index contributed by atoms with van der Waals surface area (Å²) in [6, 6.07) is 0.569. The Balaban J connectivity index is 3.91. The third-order valence-corrected chi connectivity index (χ3v) is 2.75. The summed E-state index contributed by atoms with van der Waals surface area (Å²) in [4.78, 5) is 0. The Bertz CT molecular complexity index is 134. The van der Waals surface area contributed by atoms with Gasteiger partial charge in [0.2, 0.25) is 0 Å². The zero-order valence-corrected chi connectivity index (χ0v) is 9.98. The topological polar surface area (TPSA) is 21.3 Å². The van der Waals surface area contributed by atoms with Gasteiger partial charge in [-0.3, -0.25) is 0 Å². The third kappa shape index (κ3) is 5.27. The van der Waals surface area contributed by atoms with Crippen LogP contribution in [0.2, 0.25) is 0 Å². The van der Waals surface area contributed by atoms with Crippen LogP contribution in [-0.4, -0.2) is 25.3 Å². The predicted octanol–water partition coefficient (Wildman–Crippen LogP) is 2.44. The smallest absolute Gasteiger partial charge is 0.0625 e. The first-order valence-electron chi connectivity index (χ1n) is 5.21. The molecule has 0 saturated carbocycles. The van der Waals surface area contributed by atoms with Crippen molar-refractivity contribution in [3.8, 4) is 0 Å². The average molecular weight is 187 g/mol. The molecule has 2 atom stereocenters. The first-order chi connectivity index (χ1) is 5.93. The van der Waals surface area contributed by atoms with Crippen molar-refractivity contribution in [1.82, 2.24) is 5.32 Å². The lowest BCUT2D eigenvalue weighted by atomic mass is 9.90. The molecule has 2 unspecified atom stereocenters. The van der Waals surface area contributed by atoms with E-state index in [0.717, 1.165) is 13.0 Å². The van der Waals surface area contributed by atoms with E-state index < -0.39 is 0 Å². The van der Waals surface area contributed by atoms with Crippen LogP contribution in [0, 0.1) is 5.92 Å². The fourth-order valence-electron chi connectivity index (χ4n) is 1.56. The molecule has 0 rings (SSSR count). The number of ether oxygens (including phenoxy) is 1. The second kappa shape index (κ2) is 5.61. The van der Waals surface area contributed by atoms with Gasteiger partial charge in [-0.05, 0) is 39.7 Å². The van der Waals surface area contributed by atoms with Gasteiger partial charge >= 0.3 is 0 Å². The normalized spacial score (nSPS) is 17.1. The van der Waals surface area contributed by atoms with Crippen LogP contribution in [0.3, 0.4) is 0 Å². The summed E-state index contributed by atoms with van der Waals surface area (Å²) >= 11 is 0. The quantitative estimate of drug-likeness (QED) is 0.689. The fraction of sp³-hybridized carbons (Fsp3) is 1.00. The van der Waals surface area contributed by atoms with E-state index in [9.17, 15) is 0 Å². The molecule has 0 heterocycles. The maximum atomic E-state index is 5.41. The molecule has 80 valence electrons. The van der Waals surface area contributed by atoms with Gasteiger partial charge in [0.15, 0.2) is 0 Å². The minimum absolute atomic E-state index is 0.00307. The summed E-state index contributed by atoms with van der Waals surface area (Å²) in [5.74, 6) is 0.648. The van der Waals surface area contributed by atoms with Crippen molar-refractivity contribution in [3.63, 3.8) is 0 Å². The van der Waals surface area contributed by atoms with Crippen LogP contribution in [0.15, 0.2) is 0 Å². The number of nitrogens with one attached hydrogen (secondary N) is 1. The van der Waals surface area contributed by atoms with E-state index in [0.29, 0.717) is 12.0 Å². The van der Waals surface area contributed by atoms with E-state index in [1.165, 1.54) is 0 Å². The van der Waals surface area contributed by atoms with E-state index >= 15 is 0 Å². The molecule has 13 heavy (non-hydrogen) atoms. The molecule has 0 aromatic rings. The van der Waals surface area contributed by atoms with Crippen molar-refractivity contribution >= 4 is 0 Å². The van der Waals surface area contributed by atoms with E-state index in [4.69, 9.17) is 4.74 Å². The van der Waals surface area contributed by atoms with Crippen molar-refractivity contribution in [1.29, 1.82) is 0 Å². The molecule has 0 aliphatic carbocycles. The van der Waals surface area contributed by atoms with Gasteiger partial charge < -0.3 is 10.1 Å². The molecule has 1 N–H and O–H groups in total. The van der Waals surface area contributed by atoms with Crippen molar-refractivity contribution in [2.24, 2.45) is 5.92 Å². The summed E-state index contributed by atoms with van der Waals surface area (Å²) in [7, 11) is 1.78. The Morgan fingerprint density at radius 2 is 1.85 bits per heavy atom. The highest BCUT2D eigenvalue weighted by Gasteiger charge is 2.22. The molecular weight excluding hydrogens is 162 g/mol. The van der Waals surface area contributed by atoms with Crippen LogP contribution in [-0.2, 0) is 4.74 Å². The second-order valence-electron chi connectivity index (χ2n) is 4.49. The molecule has 2 nitrogen and oxygen atoms in total. The molecule has 0 aliphatic rings. The lowest BCUT2D eigenvalue weighted by Crippen LogP contribution is -2.36. The van der Waals surface area contributed by atoms with Crippen LogP contribution in [0.4, 0.5) is 0 Å². The summed E-state index contributed by atoms with van der Waals surface area (Å²) in [5, 5.41) is 3.44. The molecule has 0 bridgehead atoms. The van der Waals surface area contributed by atoms with Crippen molar-refractivity contribution in [3.05, 3.63) is 0 Å². The molecule has 2 heteroatoms. The Morgan fingerprint density at radius 1 is 1.31 bits per heavy atom. The second-order valence-corrected chi connectivity index (χ2v) is 4.49. The van der Waals surface area contributed by atoms with Gasteiger partial charge in [-0.2, -0.15) is 0 Å². The minimum Gasteiger partial charge on any atom is -0.379 e. The maximum Gasteiger partial charge on any atom is 0.0625 e. The summed E-state index contributed by atoms with van der Waals surface area (Å²) in [6.45, 7) is 12.0. The minimum atomic E-state index is 0.00307. The van der Waals surface area contributed by atoms with Crippen LogP contribution in [0.25, 0.3) is 0 Å². The Kier molecular flexibility index (Phi) is 5.57. The van der Waals surface area contributed by atoms with Gasteiger partial charge in [0.05, 0.1) is 5.60 Å². The first-order valence-corrected chi connectivity index (χ1v) is 5.21. The Labute approximate surface area is 83.1 Å². The summed E-state index contributed by atoms with van der Waals surface area (Å²) in [6.07, 6.45) is 1.09. The van der Waals surface area contributed by atoms with Gasteiger partial charge in [0.1, 0.15) is 0 Å². The molecule has 0 aromatic carbocycles. The molecule has 0 radical (unpaired) electrons. The molecular formula is C11H25NO. The zero-order chi connectivity index (χ0) is 10.5. The van der Waals surface area contributed by atoms with E-state index in [1.807, 2.05) is 0 Å². The van der Waals surface area contributed by atoms with Gasteiger partial charge in [0, 0.05) is 13.2 Å². The highest BCUT2D eigenvalue weighted by atomic mass is 16.5. The van der Waals surface area contributed by atoms with Gasteiger partial charge in [-0.1, -0.05) is 13.8 Å². The van der Waals surface area contributed by atoms with Crippen molar-refractivity contribution in [2.45, 2.75) is 52.7 Å².